The van der Waals surface area contributed by atoms with Gasteiger partial charge in [0, 0.05) is 38.6 Å². The van der Waals surface area contributed by atoms with Crippen LogP contribution in [0.2, 0.25) is 0 Å². The Morgan fingerprint density at radius 2 is 2.29 bits per heavy atom. The number of ether oxygens (including phenoxy) is 2. The van der Waals surface area contributed by atoms with E-state index in [9.17, 15) is 9.18 Å². The number of nitrogens with one attached hydrogen (secondary N) is 1. The van der Waals surface area contributed by atoms with Crippen molar-refractivity contribution < 1.29 is 18.7 Å². The molecule has 3 rings (SSSR count). The Morgan fingerprint density at radius 1 is 1.50 bits per heavy atom. The lowest BCUT2D eigenvalue weighted by molar-refractivity contribution is -0.125. The highest BCUT2D eigenvalue weighted by molar-refractivity contribution is 5.79. The Kier molecular flexibility index (Phi) is 5.13. The number of rotatable bonds is 5. The van der Waals surface area contributed by atoms with E-state index in [1.807, 2.05) is 4.90 Å². The molecule has 1 aromatic rings. The van der Waals surface area contributed by atoms with Gasteiger partial charge in [-0.2, -0.15) is 0 Å². The van der Waals surface area contributed by atoms with Crippen LogP contribution in [0.5, 0.6) is 5.88 Å². The summed E-state index contributed by atoms with van der Waals surface area (Å²) in [6.07, 6.45) is 2.85. The van der Waals surface area contributed by atoms with Gasteiger partial charge in [0.25, 0.3) is 0 Å². The number of aromatic nitrogens is 2. The molecular formula is C16H23FN4O3. The Labute approximate surface area is 140 Å². The van der Waals surface area contributed by atoms with Crippen LogP contribution >= 0.6 is 0 Å². The standard InChI is InChI=1S/C16H23FN4O3/c1-23-14-8-13(19-11-20-14)21-5-3-16(17,4-6-21)10-18-15(22)12-2-7-24-9-12/h8,11-12H,2-7,9-10H2,1H3,(H,18,22). The number of amides is 1. The first-order valence-electron chi connectivity index (χ1n) is 8.25. The fourth-order valence-electron chi connectivity index (χ4n) is 3.06. The predicted molar refractivity (Wildman–Crippen MR) is 85.8 cm³/mol. The van der Waals surface area contributed by atoms with Gasteiger partial charge in [-0.05, 0) is 6.42 Å². The van der Waals surface area contributed by atoms with Crippen LogP contribution in [0.25, 0.3) is 0 Å². The summed E-state index contributed by atoms with van der Waals surface area (Å²) in [5.74, 6) is 0.980. The van der Waals surface area contributed by atoms with Crippen LogP contribution in [0.3, 0.4) is 0 Å². The Balaban J connectivity index is 1.50. The van der Waals surface area contributed by atoms with Gasteiger partial charge in [0.1, 0.15) is 17.8 Å². The van der Waals surface area contributed by atoms with E-state index in [0.717, 1.165) is 5.82 Å². The Hall–Kier alpha value is -1.96. The molecule has 1 aromatic heterocycles. The number of alkyl halides is 1. The molecule has 0 bridgehead atoms. The summed E-state index contributed by atoms with van der Waals surface area (Å²) in [5.41, 5.74) is -1.37. The first-order valence-corrected chi connectivity index (χ1v) is 8.25. The van der Waals surface area contributed by atoms with E-state index in [1.165, 1.54) is 6.33 Å². The maximum Gasteiger partial charge on any atom is 0.225 e. The number of carbonyl (C=O) groups excluding carboxylic acids is 1. The number of methoxy groups -OCH3 is 1. The number of piperidine rings is 1. The second kappa shape index (κ2) is 7.29. The minimum absolute atomic E-state index is 0.0588. The molecule has 0 saturated carbocycles. The summed E-state index contributed by atoms with van der Waals surface area (Å²) in [6.45, 7) is 2.19. The van der Waals surface area contributed by atoms with Crippen molar-refractivity contribution in [2.45, 2.75) is 24.9 Å². The fraction of sp³-hybridized carbons (Fsp3) is 0.688. The zero-order valence-electron chi connectivity index (χ0n) is 13.8. The van der Waals surface area contributed by atoms with E-state index in [2.05, 4.69) is 15.3 Å². The molecule has 132 valence electrons. The summed E-state index contributed by atoms with van der Waals surface area (Å²) < 4.78 is 25.2. The summed E-state index contributed by atoms with van der Waals surface area (Å²) in [5, 5.41) is 2.75. The highest BCUT2D eigenvalue weighted by atomic mass is 19.1. The van der Waals surface area contributed by atoms with E-state index in [1.54, 1.807) is 13.2 Å². The maximum absolute atomic E-state index is 14.9. The Bertz CT molecular complexity index is 572. The van der Waals surface area contributed by atoms with Gasteiger partial charge in [0.2, 0.25) is 11.8 Å². The Morgan fingerprint density at radius 3 is 2.96 bits per heavy atom. The average Bonchev–Trinajstić information content (AvgIpc) is 3.15. The van der Waals surface area contributed by atoms with Crippen LogP contribution in [-0.4, -0.2) is 61.5 Å². The number of nitrogens with zero attached hydrogens (tertiary/aromatic N) is 3. The molecule has 1 N–H and O–H groups in total. The number of carbonyl (C=O) groups is 1. The summed E-state index contributed by atoms with van der Waals surface area (Å²) in [4.78, 5) is 22.2. The predicted octanol–water partition coefficient (Wildman–Crippen LogP) is 0.946. The van der Waals surface area contributed by atoms with Crippen molar-refractivity contribution in [3.05, 3.63) is 12.4 Å². The van der Waals surface area contributed by atoms with Crippen molar-refractivity contribution in [2.24, 2.45) is 5.92 Å². The van der Waals surface area contributed by atoms with Crippen LogP contribution < -0.4 is 15.0 Å². The quantitative estimate of drug-likeness (QED) is 0.861. The molecule has 1 atom stereocenters. The van der Waals surface area contributed by atoms with E-state index in [0.29, 0.717) is 51.4 Å². The molecule has 0 radical (unpaired) electrons. The lowest BCUT2D eigenvalue weighted by Gasteiger charge is -2.37. The van der Waals surface area contributed by atoms with Crippen molar-refractivity contribution in [2.75, 3.05) is 44.9 Å². The van der Waals surface area contributed by atoms with Gasteiger partial charge in [-0.3, -0.25) is 4.79 Å². The molecule has 1 unspecified atom stereocenters. The zero-order chi connectivity index (χ0) is 17.0. The molecule has 2 aliphatic heterocycles. The molecular weight excluding hydrogens is 315 g/mol. The summed E-state index contributed by atoms with van der Waals surface area (Å²) in [6, 6.07) is 1.74. The molecule has 8 heteroatoms. The molecule has 0 aliphatic carbocycles. The molecule has 0 aromatic carbocycles. The van der Waals surface area contributed by atoms with Gasteiger partial charge < -0.3 is 19.7 Å². The third-order valence-electron chi connectivity index (χ3n) is 4.70. The summed E-state index contributed by atoms with van der Waals surface area (Å²) >= 11 is 0. The van der Waals surface area contributed by atoms with Crippen LogP contribution in [0.4, 0.5) is 10.2 Å². The number of hydrogen-bond donors (Lipinski definition) is 1. The molecule has 3 heterocycles. The molecule has 0 spiro atoms. The lowest BCUT2D eigenvalue weighted by Crippen LogP contribution is -2.49. The smallest absolute Gasteiger partial charge is 0.225 e. The van der Waals surface area contributed by atoms with E-state index >= 15 is 0 Å². The fourth-order valence-corrected chi connectivity index (χ4v) is 3.06. The zero-order valence-corrected chi connectivity index (χ0v) is 13.8. The first kappa shape index (κ1) is 16.9. The van der Waals surface area contributed by atoms with Crippen molar-refractivity contribution in [1.29, 1.82) is 0 Å². The van der Waals surface area contributed by atoms with Gasteiger partial charge in [-0.15, -0.1) is 0 Å². The van der Waals surface area contributed by atoms with Crippen LogP contribution in [0.1, 0.15) is 19.3 Å². The van der Waals surface area contributed by atoms with E-state index < -0.39 is 5.67 Å². The van der Waals surface area contributed by atoms with Gasteiger partial charge in [0.15, 0.2) is 0 Å². The largest absolute Gasteiger partial charge is 0.481 e. The first-order chi connectivity index (χ1) is 11.6. The molecule has 2 saturated heterocycles. The SMILES string of the molecule is COc1cc(N2CCC(F)(CNC(=O)C3CCOC3)CC2)ncn1. The second-order valence-corrected chi connectivity index (χ2v) is 6.33. The number of hydrogen-bond acceptors (Lipinski definition) is 6. The minimum atomic E-state index is -1.37. The monoisotopic (exact) mass is 338 g/mol. The summed E-state index contributed by atoms with van der Waals surface area (Å²) in [7, 11) is 1.55. The second-order valence-electron chi connectivity index (χ2n) is 6.33. The maximum atomic E-state index is 14.9. The van der Waals surface area contributed by atoms with Crippen molar-refractivity contribution in [3.8, 4) is 5.88 Å². The highest BCUT2D eigenvalue weighted by Gasteiger charge is 2.36. The van der Waals surface area contributed by atoms with Gasteiger partial charge in [-0.1, -0.05) is 0 Å². The molecule has 24 heavy (non-hydrogen) atoms. The third kappa shape index (κ3) is 3.92. The van der Waals surface area contributed by atoms with Crippen molar-refractivity contribution in [3.63, 3.8) is 0 Å². The molecule has 1 amide bonds. The van der Waals surface area contributed by atoms with Gasteiger partial charge in [-0.25, -0.2) is 14.4 Å². The molecule has 2 fully saturated rings. The van der Waals surface area contributed by atoms with Crippen molar-refractivity contribution >= 4 is 11.7 Å². The number of halogens is 1. The third-order valence-corrected chi connectivity index (χ3v) is 4.70. The van der Waals surface area contributed by atoms with Crippen LogP contribution in [-0.2, 0) is 9.53 Å². The van der Waals surface area contributed by atoms with Gasteiger partial charge in [0.05, 0.1) is 26.2 Å². The lowest BCUT2D eigenvalue weighted by atomic mass is 9.93. The van der Waals surface area contributed by atoms with Gasteiger partial charge >= 0.3 is 0 Å². The van der Waals surface area contributed by atoms with E-state index in [4.69, 9.17) is 9.47 Å². The highest BCUT2D eigenvalue weighted by Crippen LogP contribution is 2.29. The molecule has 7 nitrogen and oxygen atoms in total. The average molecular weight is 338 g/mol. The normalized spacial score (nSPS) is 23.1. The topological polar surface area (TPSA) is 76.6 Å². The minimum Gasteiger partial charge on any atom is -0.481 e. The van der Waals surface area contributed by atoms with E-state index in [-0.39, 0.29) is 18.4 Å². The van der Waals surface area contributed by atoms with Crippen LogP contribution in [0, 0.1) is 5.92 Å². The molecule has 2 aliphatic rings. The number of anilines is 1. The van der Waals surface area contributed by atoms with Crippen molar-refractivity contribution in [1.82, 2.24) is 15.3 Å². The van der Waals surface area contributed by atoms with Crippen LogP contribution in [0.15, 0.2) is 12.4 Å².